The van der Waals surface area contributed by atoms with Crippen LogP contribution in [0.4, 0.5) is 19.0 Å². The highest BCUT2D eigenvalue weighted by molar-refractivity contribution is 5.90. The van der Waals surface area contributed by atoms with Crippen molar-refractivity contribution in [1.82, 2.24) is 14.9 Å². The second-order valence-corrected chi connectivity index (χ2v) is 8.84. The summed E-state index contributed by atoms with van der Waals surface area (Å²) >= 11 is 0. The van der Waals surface area contributed by atoms with E-state index in [0.717, 1.165) is 43.3 Å². The van der Waals surface area contributed by atoms with Crippen LogP contribution in [0.25, 0.3) is 10.9 Å². The van der Waals surface area contributed by atoms with Gasteiger partial charge >= 0.3 is 6.18 Å². The molecule has 32 heavy (non-hydrogen) atoms. The van der Waals surface area contributed by atoms with Gasteiger partial charge in [-0.05, 0) is 31.0 Å². The highest BCUT2D eigenvalue weighted by Gasteiger charge is 2.50. The maximum absolute atomic E-state index is 13.3. The van der Waals surface area contributed by atoms with Crippen LogP contribution in [0.2, 0.25) is 0 Å². The molecule has 9 heteroatoms. The summed E-state index contributed by atoms with van der Waals surface area (Å²) in [6, 6.07) is 10.3. The van der Waals surface area contributed by atoms with E-state index in [1.807, 2.05) is 24.3 Å². The predicted molar refractivity (Wildman–Crippen MR) is 113 cm³/mol. The Morgan fingerprint density at radius 1 is 1.19 bits per heavy atom. The third-order valence-corrected chi connectivity index (χ3v) is 6.75. The first-order chi connectivity index (χ1) is 15.4. The van der Waals surface area contributed by atoms with E-state index >= 15 is 0 Å². The first kappa shape index (κ1) is 19.9. The van der Waals surface area contributed by atoms with E-state index in [-0.39, 0.29) is 17.7 Å². The molecule has 6 rings (SSSR count). The number of benzene rings is 1. The van der Waals surface area contributed by atoms with Crippen LogP contribution in [0, 0.1) is 0 Å². The number of rotatable bonds is 3. The highest BCUT2D eigenvalue weighted by atomic mass is 19.4. The fraction of sp³-hybridized carbons (Fsp3) is 0.435. The number of morpholine rings is 1. The van der Waals surface area contributed by atoms with Crippen molar-refractivity contribution in [2.75, 3.05) is 31.6 Å². The van der Waals surface area contributed by atoms with Crippen LogP contribution in [0.5, 0.6) is 5.75 Å². The fourth-order valence-corrected chi connectivity index (χ4v) is 4.91. The smallest absolute Gasteiger partial charge is 0.431 e. The Hall–Kier alpha value is -2.78. The number of aromatic nitrogens is 2. The summed E-state index contributed by atoms with van der Waals surface area (Å²) in [7, 11) is 0. The maximum atomic E-state index is 13.3. The SMILES string of the molecule is FC(F)(F)c1cc2c(NC3c4ccccc4OCC3N3CCOC4(CC4)C3)nccc2[nH]1. The molecule has 1 spiro atoms. The van der Waals surface area contributed by atoms with Gasteiger partial charge in [-0.1, -0.05) is 18.2 Å². The van der Waals surface area contributed by atoms with Crippen molar-refractivity contribution < 1.29 is 22.6 Å². The summed E-state index contributed by atoms with van der Waals surface area (Å²) in [6.45, 7) is 2.78. The zero-order chi connectivity index (χ0) is 21.9. The molecular weight excluding hydrogens is 421 g/mol. The van der Waals surface area contributed by atoms with Crippen LogP contribution in [0.15, 0.2) is 42.6 Å². The molecule has 2 aromatic heterocycles. The average molecular weight is 444 g/mol. The third kappa shape index (κ3) is 3.40. The van der Waals surface area contributed by atoms with Gasteiger partial charge in [0.2, 0.25) is 0 Å². The summed E-state index contributed by atoms with van der Waals surface area (Å²) in [6.07, 6.45) is -0.793. The number of para-hydroxylation sites is 1. The van der Waals surface area contributed by atoms with E-state index in [4.69, 9.17) is 9.47 Å². The van der Waals surface area contributed by atoms with Crippen molar-refractivity contribution in [3.05, 3.63) is 53.9 Å². The molecule has 2 fully saturated rings. The minimum absolute atomic E-state index is 0.00404. The Morgan fingerprint density at radius 3 is 2.84 bits per heavy atom. The highest BCUT2D eigenvalue weighted by Crippen LogP contribution is 2.45. The number of fused-ring (bicyclic) bond motifs is 2. The van der Waals surface area contributed by atoms with Gasteiger partial charge in [0.15, 0.2) is 0 Å². The van der Waals surface area contributed by atoms with E-state index in [2.05, 4.69) is 20.2 Å². The molecule has 6 nitrogen and oxygen atoms in total. The number of H-pyrrole nitrogens is 1. The van der Waals surface area contributed by atoms with Gasteiger partial charge < -0.3 is 19.8 Å². The molecule has 0 amide bonds. The van der Waals surface area contributed by atoms with Crippen LogP contribution in [-0.4, -0.2) is 52.8 Å². The third-order valence-electron chi connectivity index (χ3n) is 6.75. The zero-order valence-electron chi connectivity index (χ0n) is 17.3. The minimum atomic E-state index is -4.45. The topological polar surface area (TPSA) is 62.4 Å². The molecule has 1 aliphatic carbocycles. The maximum Gasteiger partial charge on any atom is 0.431 e. The van der Waals surface area contributed by atoms with Gasteiger partial charge in [0.05, 0.1) is 29.8 Å². The molecule has 1 saturated heterocycles. The van der Waals surface area contributed by atoms with Crippen molar-refractivity contribution in [1.29, 1.82) is 0 Å². The van der Waals surface area contributed by atoms with E-state index in [1.165, 1.54) is 6.20 Å². The number of hydrogen-bond acceptors (Lipinski definition) is 5. The number of nitrogens with zero attached hydrogens (tertiary/aromatic N) is 2. The summed E-state index contributed by atoms with van der Waals surface area (Å²) in [5.41, 5.74) is 0.553. The van der Waals surface area contributed by atoms with Crippen LogP contribution >= 0.6 is 0 Å². The van der Waals surface area contributed by atoms with Gasteiger partial charge in [-0.25, -0.2) is 4.98 Å². The molecule has 168 valence electrons. The molecule has 1 saturated carbocycles. The van der Waals surface area contributed by atoms with Crippen LogP contribution in [0.1, 0.15) is 30.1 Å². The van der Waals surface area contributed by atoms with Gasteiger partial charge in [0.1, 0.15) is 23.9 Å². The van der Waals surface area contributed by atoms with Crippen molar-refractivity contribution in [3.8, 4) is 5.75 Å². The van der Waals surface area contributed by atoms with Crippen LogP contribution < -0.4 is 10.1 Å². The lowest BCUT2D eigenvalue weighted by Crippen LogP contribution is -2.55. The normalized spacial score (nSPS) is 24.8. The molecule has 2 aliphatic heterocycles. The Balaban J connectivity index is 1.38. The Morgan fingerprint density at radius 2 is 2.03 bits per heavy atom. The van der Waals surface area contributed by atoms with E-state index in [0.29, 0.717) is 29.9 Å². The van der Waals surface area contributed by atoms with Crippen molar-refractivity contribution in [3.63, 3.8) is 0 Å². The molecule has 2 atom stereocenters. The monoisotopic (exact) mass is 444 g/mol. The van der Waals surface area contributed by atoms with E-state index < -0.39 is 11.9 Å². The zero-order valence-corrected chi connectivity index (χ0v) is 17.3. The van der Waals surface area contributed by atoms with E-state index in [9.17, 15) is 13.2 Å². The summed E-state index contributed by atoms with van der Waals surface area (Å²) in [5, 5.41) is 3.90. The van der Waals surface area contributed by atoms with Crippen LogP contribution in [0.3, 0.4) is 0 Å². The number of anilines is 1. The van der Waals surface area contributed by atoms with Gasteiger partial charge in [-0.15, -0.1) is 0 Å². The number of hydrogen-bond donors (Lipinski definition) is 2. The standard InChI is InChI=1S/C23H23F3N4O2/c24-23(25,26)19-11-15-16(28-19)5-8-27-21(15)29-20-14-3-1-2-4-18(14)31-12-17(20)30-9-10-32-22(13-30)6-7-22/h1-5,8,11,17,20,28H,6-7,9-10,12-13H2,(H,27,29). The molecule has 2 N–H and O–H groups in total. The minimum Gasteiger partial charge on any atom is -0.491 e. The number of ether oxygens (including phenoxy) is 2. The first-order valence-electron chi connectivity index (χ1n) is 10.8. The Bertz CT molecular complexity index is 1160. The lowest BCUT2D eigenvalue weighted by molar-refractivity contribution is -0.140. The van der Waals surface area contributed by atoms with Gasteiger partial charge in [-0.2, -0.15) is 13.2 Å². The quantitative estimate of drug-likeness (QED) is 0.629. The van der Waals surface area contributed by atoms with Crippen molar-refractivity contribution >= 4 is 16.7 Å². The van der Waals surface area contributed by atoms with Gasteiger partial charge in [0, 0.05) is 30.2 Å². The number of halogens is 3. The number of alkyl halides is 3. The Labute approximate surface area is 182 Å². The molecule has 1 aromatic carbocycles. The molecule has 0 radical (unpaired) electrons. The summed E-state index contributed by atoms with van der Waals surface area (Å²) in [5.74, 6) is 1.21. The molecule has 3 aliphatic rings. The second-order valence-electron chi connectivity index (χ2n) is 8.84. The molecular formula is C23H23F3N4O2. The number of aromatic amines is 1. The first-order valence-corrected chi connectivity index (χ1v) is 10.8. The largest absolute Gasteiger partial charge is 0.491 e. The number of pyridine rings is 1. The van der Waals surface area contributed by atoms with E-state index in [1.54, 1.807) is 6.07 Å². The van der Waals surface area contributed by atoms with Crippen LogP contribution in [-0.2, 0) is 10.9 Å². The molecule has 3 aromatic rings. The predicted octanol–water partition coefficient (Wildman–Crippen LogP) is 4.36. The van der Waals surface area contributed by atoms with Gasteiger partial charge in [-0.3, -0.25) is 4.90 Å². The summed E-state index contributed by atoms with van der Waals surface area (Å²) in [4.78, 5) is 9.27. The van der Waals surface area contributed by atoms with Gasteiger partial charge in [0.25, 0.3) is 0 Å². The Kier molecular flexibility index (Phi) is 4.42. The molecule has 4 heterocycles. The molecule has 2 unspecified atom stereocenters. The number of nitrogens with one attached hydrogen (secondary N) is 2. The molecule has 0 bridgehead atoms. The second kappa shape index (κ2) is 7.11. The fourth-order valence-electron chi connectivity index (χ4n) is 4.91. The van der Waals surface area contributed by atoms with Crippen molar-refractivity contribution in [2.45, 2.75) is 36.7 Å². The lowest BCUT2D eigenvalue weighted by atomic mass is 9.94. The van der Waals surface area contributed by atoms with Crippen molar-refractivity contribution in [2.24, 2.45) is 0 Å². The lowest BCUT2D eigenvalue weighted by Gasteiger charge is -2.44. The summed E-state index contributed by atoms with van der Waals surface area (Å²) < 4.78 is 51.9. The average Bonchev–Trinajstić information content (AvgIpc) is 3.35.